The molecule has 0 amide bonds. The van der Waals surface area contributed by atoms with Gasteiger partial charge in [0.2, 0.25) is 0 Å². The largest absolute Gasteiger partial charge is 0.497 e. The van der Waals surface area contributed by atoms with Crippen LogP contribution in [0.25, 0.3) is 0 Å². The molecule has 1 saturated heterocycles. The monoisotopic (exact) mass is 222 g/mol. The summed E-state index contributed by atoms with van der Waals surface area (Å²) in [4.78, 5) is 0. The van der Waals surface area contributed by atoms with E-state index in [2.05, 4.69) is 13.8 Å². The lowest BCUT2D eigenvalue weighted by Gasteiger charge is -2.36. The molecule has 2 rings (SSSR count). The normalized spacial score (nSPS) is 24.1. The predicted octanol–water partition coefficient (Wildman–Crippen LogP) is 2.91. The molecule has 3 heteroatoms. The molecule has 0 N–H and O–H groups in total. The van der Waals surface area contributed by atoms with Crippen molar-refractivity contribution < 1.29 is 14.2 Å². The molecule has 16 heavy (non-hydrogen) atoms. The highest BCUT2D eigenvalue weighted by atomic mass is 16.7. The van der Waals surface area contributed by atoms with E-state index in [0.717, 1.165) is 24.3 Å². The SMILES string of the molecule is COc1ccc(C2OCCC(C)(C)O2)cc1. The minimum atomic E-state index is -0.255. The Balaban J connectivity index is 2.11. The number of hydrogen-bond acceptors (Lipinski definition) is 3. The van der Waals surface area contributed by atoms with Crippen molar-refractivity contribution in [3.8, 4) is 5.75 Å². The van der Waals surface area contributed by atoms with E-state index in [9.17, 15) is 0 Å². The van der Waals surface area contributed by atoms with Crippen LogP contribution < -0.4 is 4.74 Å². The van der Waals surface area contributed by atoms with Crippen LogP contribution in [0.15, 0.2) is 24.3 Å². The molecule has 1 atom stereocenters. The maximum absolute atomic E-state index is 5.87. The van der Waals surface area contributed by atoms with Gasteiger partial charge in [0.15, 0.2) is 6.29 Å². The van der Waals surface area contributed by atoms with E-state index >= 15 is 0 Å². The third kappa shape index (κ3) is 2.54. The van der Waals surface area contributed by atoms with Crippen molar-refractivity contribution in [2.24, 2.45) is 0 Å². The first-order chi connectivity index (χ1) is 7.61. The van der Waals surface area contributed by atoms with Crippen LogP contribution >= 0.6 is 0 Å². The number of ether oxygens (including phenoxy) is 3. The molecule has 0 bridgehead atoms. The first-order valence-corrected chi connectivity index (χ1v) is 5.54. The van der Waals surface area contributed by atoms with Gasteiger partial charge in [0.1, 0.15) is 5.75 Å². The highest BCUT2D eigenvalue weighted by Crippen LogP contribution is 2.32. The minimum absolute atomic E-state index is 0.108. The fourth-order valence-electron chi connectivity index (χ4n) is 1.72. The van der Waals surface area contributed by atoms with Gasteiger partial charge in [-0.3, -0.25) is 0 Å². The van der Waals surface area contributed by atoms with E-state index in [1.54, 1.807) is 7.11 Å². The van der Waals surface area contributed by atoms with Crippen LogP contribution in [0, 0.1) is 0 Å². The summed E-state index contributed by atoms with van der Waals surface area (Å²) in [5.74, 6) is 0.846. The zero-order valence-electron chi connectivity index (χ0n) is 10.0. The van der Waals surface area contributed by atoms with Crippen LogP contribution in [0.5, 0.6) is 5.75 Å². The van der Waals surface area contributed by atoms with Crippen LogP contribution in [0.4, 0.5) is 0 Å². The molecule has 1 fully saturated rings. The van der Waals surface area contributed by atoms with E-state index in [1.807, 2.05) is 24.3 Å². The highest BCUT2D eigenvalue weighted by Gasteiger charge is 2.29. The maximum atomic E-state index is 5.87. The van der Waals surface area contributed by atoms with Gasteiger partial charge in [-0.15, -0.1) is 0 Å². The summed E-state index contributed by atoms with van der Waals surface area (Å²) in [6.45, 7) is 4.92. The van der Waals surface area contributed by atoms with E-state index in [-0.39, 0.29) is 11.9 Å². The molecular weight excluding hydrogens is 204 g/mol. The van der Waals surface area contributed by atoms with Gasteiger partial charge in [0.25, 0.3) is 0 Å². The molecule has 1 aromatic carbocycles. The highest BCUT2D eigenvalue weighted by molar-refractivity contribution is 5.28. The fraction of sp³-hybridized carbons (Fsp3) is 0.538. The second-order valence-electron chi connectivity index (χ2n) is 4.60. The van der Waals surface area contributed by atoms with Gasteiger partial charge < -0.3 is 14.2 Å². The average molecular weight is 222 g/mol. The fourth-order valence-corrected chi connectivity index (χ4v) is 1.72. The Bertz CT molecular complexity index is 343. The second kappa shape index (κ2) is 4.44. The number of rotatable bonds is 2. The Morgan fingerprint density at radius 2 is 1.94 bits per heavy atom. The summed E-state index contributed by atoms with van der Waals surface area (Å²) >= 11 is 0. The lowest BCUT2D eigenvalue weighted by molar-refractivity contribution is -0.249. The summed E-state index contributed by atoms with van der Waals surface area (Å²) in [6.07, 6.45) is 0.675. The van der Waals surface area contributed by atoms with Crippen molar-refractivity contribution in [2.75, 3.05) is 13.7 Å². The van der Waals surface area contributed by atoms with Crippen molar-refractivity contribution in [2.45, 2.75) is 32.2 Å². The van der Waals surface area contributed by atoms with Crippen LogP contribution in [0.1, 0.15) is 32.1 Å². The van der Waals surface area contributed by atoms with Gasteiger partial charge in [-0.25, -0.2) is 0 Å². The van der Waals surface area contributed by atoms with E-state index in [1.165, 1.54) is 0 Å². The Morgan fingerprint density at radius 3 is 2.50 bits per heavy atom. The van der Waals surface area contributed by atoms with Gasteiger partial charge in [0, 0.05) is 5.56 Å². The molecule has 0 radical (unpaired) electrons. The van der Waals surface area contributed by atoms with Crippen LogP contribution in [0.3, 0.4) is 0 Å². The molecule has 0 aliphatic carbocycles. The van der Waals surface area contributed by atoms with Crippen molar-refractivity contribution in [1.82, 2.24) is 0 Å². The Labute approximate surface area is 96.3 Å². The van der Waals surface area contributed by atoms with Crippen LogP contribution in [0.2, 0.25) is 0 Å². The molecule has 0 saturated carbocycles. The van der Waals surface area contributed by atoms with Crippen molar-refractivity contribution >= 4 is 0 Å². The van der Waals surface area contributed by atoms with Gasteiger partial charge in [-0.05, 0) is 32.4 Å². The van der Waals surface area contributed by atoms with Crippen molar-refractivity contribution in [3.63, 3.8) is 0 Å². The third-order valence-electron chi connectivity index (χ3n) is 2.79. The number of hydrogen-bond donors (Lipinski definition) is 0. The summed E-state index contributed by atoms with van der Waals surface area (Å²) in [6, 6.07) is 7.79. The first kappa shape index (κ1) is 11.4. The summed E-state index contributed by atoms with van der Waals surface area (Å²) in [7, 11) is 1.66. The Kier molecular flexibility index (Phi) is 3.17. The average Bonchev–Trinajstić information content (AvgIpc) is 2.28. The second-order valence-corrected chi connectivity index (χ2v) is 4.60. The molecule has 1 aromatic rings. The van der Waals surface area contributed by atoms with Crippen LogP contribution in [-0.4, -0.2) is 19.3 Å². The summed E-state index contributed by atoms with van der Waals surface area (Å²) in [5, 5.41) is 0. The molecule has 0 aromatic heterocycles. The van der Waals surface area contributed by atoms with Gasteiger partial charge in [-0.1, -0.05) is 12.1 Å². The van der Waals surface area contributed by atoms with Crippen molar-refractivity contribution in [3.05, 3.63) is 29.8 Å². The molecule has 1 aliphatic heterocycles. The summed E-state index contributed by atoms with van der Waals surface area (Å²) in [5.41, 5.74) is 0.927. The predicted molar refractivity (Wildman–Crippen MR) is 61.5 cm³/mol. The molecule has 3 nitrogen and oxygen atoms in total. The van der Waals surface area contributed by atoms with Gasteiger partial charge in [-0.2, -0.15) is 0 Å². The van der Waals surface area contributed by atoms with E-state index < -0.39 is 0 Å². The molecule has 1 heterocycles. The molecule has 88 valence electrons. The smallest absolute Gasteiger partial charge is 0.184 e. The topological polar surface area (TPSA) is 27.7 Å². The van der Waals surface area contributed by atoms with Crippen LogP contribution in [-0.2, 0) is 9.47 Å². The van der Waals surface area contributed by atoms with Gasteiger partial charge in [0.05, 0.1) is 19.3 Å². The lowest BCUT2D eigenvalue weighted by Crippen LogP contribution is -2.34. The molecule has 1 unspecified atom stereocenters. The maximum Gasteiger partial charge on any atom is 0.184 e. The summed E-state index contributed by atoms with van der Waals surface area (Å²) < 4.78 is 16.6. The Morgan fingerprint density at radius 1 is 1.25 bits per heavy atom. The Hall–Kier alpha value is -1.06. The first-order valence-electron chi connectivity index (χ1n) is 5.54. The quantitative estimate of drug-likeness (QED) is 0.770. The standard InChI is InChI=1S/C13H18O3/c1-13(2)8-9-15-12(16-13)10-4-6-11(14-3)7-5-10/h4-7,12H,8-9H2,1-3H3. The zero-order chi connectivity index (χ0) is 11.6. The number of methoxy groups -OCH3 is 1. The molecular formula is C13H18O3. The van der Waals surface area contributed by atoms with Crippen molar-refractivity contribution in [1.29, 1.82) is 0 Å². The molecule has 1 aliphatic rings. The van der Waals surface area contributed by atoms with E-state index in [4.69, 9.17) is 14.2 Å². The number of benzene rings is 1. The molecule has 0 spiro atoms. The third-order valence-corrected chi connectivity index (χ3v) is 2.79. The minimum Gasteiger partial charge on any atom is -0.497 e. The van der Waals surface area contributed by atoms with E-state index in [0.29, 0.717) is 0 Å². The zero-order valence-corrected chi connectivity index (χ0v) is 10.0. The lowest BCUT2D eigenvalue weighted by atomic mass is 10.0. The van der Waals surface area contributed by atoms with Gasteiger partial charge >= 0.3 is 0 Å².